The van der Waals surface area contributed by atoms with Crippen LogP contribution in [0.2, 0.25) is 0 Å². The van der Waals surface area contributed by atoms with Gasteiger partial charge in [-0.1, -0.05) is 6.58 Å². The van der Waals surface area contributed by atoms with Crippen LogP contribution in [0.15, 0.2) is 41.6 Å². The van der Waals surface area contributed by atoms with Gasteiger partial charge in [-0.25, -0.2) is 13.1 Å². The summed E-state index contributed by atoms with van der Waals surface area (Å²) in [5.74, 6) is -0.0759. The number of alkyl halides is 3. The molecule has 0 radical (unpaired) electrons. The van der Waals surface area contributed by atoms with E-state index in [-0.39, 0.29) is 17.9 Å². The number of nitrogens with zero attached hydrogens (tertiary/aromatic N) is 2. The van der Waals surface area contributed by atoms with Gasteiger partial charge in [0.15, 0.2) is 0 Å². The van der Waals surface area contributed by atoms with E-state index in [1.54, 1.807) is 4.68 Å². The van der Waals surface area contributed by atoms with E-state index in [1.165, 1.54) is 19.2 Å². The largest absolute Gasteiger partial charge is 0.511 e. The van der Waals surface area contributed by atoms with Crippen LogP contribution in [-0.4, -0.2) is 23.3 Å². The van der Waals surface area contributed by atoms with Crippen molar-refractivity contribution in [3.63, 3.8) is 0 Å². The molecule has 6 nitrogen and oxygen atoms in total. The highest BCUT2D eigenvalue weighted by Gasteiger charge is 2.33. The van der Waals surface area contributed by atoms with E-state index in [0.717, 1.165) is 11.8 Å². The van der Waals surface area contributed by atoms with E-state index in [2.05, 4.69) is 16.4 Å². The van der Waals surface area contributed by atoms with Gasteiger partial charge in [-0.2, -0.15) is 18.3 Å². The minimum absolute atomic E-state index is 0.0759. The maximum Gasteiger partial charge on any atom is 0.416 e. The van der Waals surface area contributed by atoms with E-state index in [1.807, 2.05) is 0 Å². The third-order valence-electron chi connectivity index (χ3n) is 4.58. The maximum absolute atomic E-state index is 13.0. The molecule has 1 aliphatic carbocycles. The van der Waals surface area contributed by atoms with Crippen molar-refractivity contribution in [2.45, 2.75) is 49.8 Å². The van der Waals surface area contributed by atoms with E-state index >= 15 is 0 Å². The van der Waals surface area contributed by atoms with Gasteiger partial charge in [-0.3, -0.25) is 4.68 Å². The average molecular weight is 415 g/mol. The number of hydrogen-bond acceptors (Lipinski definition) is 4. The minimum Gasteiger partial charge on any atom is -0.511 e. The molecule has 0 aliphatic heterocycles. The molecule has 152 valence electrons. The number of rotatable bonds is 5. The second-order valence-electron chi connectivity index (χ2n) is 6.87. The normalized spacial score (nSPS) is 17.4. The lowest BCUT2D eigenvalue weighted by molar-refractivity contribution is -0.137. The van der Waals surface area contributed by atoms with Gasteiger partial charge in [-0.05, 0) is 49.9 Å². The second kappa shape index (κ2) is 7.25. The van der Waals surface area contributed by atoms with Crippen molar-refractivity contribution in [1.82, 2.24) is 14.5 Å². The number of sulfonamides is 1. The molecule has 0 saturated heterocycles. The molecule has 1 aliphatic rings. The molecule has 28 heavy (non-hydrogen) atoms. The Morgan fingerprint density at radius 1 is 1.39 bits per heavy atom. The predicted molar refractivity (Wildman–Crippen MR) is 96.2 cm³/mol. The van der Waals surface area contributed by atoms with Crippen LogP contribution in [0.4, 0.5) is 13.2 Å². The average Bonchev–Trinajstić information content (AvgIpc) is 2.97. The molecule has 0 fully saturated rings. The van der Waals surface area contributed by atoms with E-state index < -0.39 is 32.7 Å². The lowest BCUT2D eigenvalue weighted by Crippen LogP contribution is -2.31. The summed E-state index contributed by atoms with van der Waals surface area (Å²) >= 11 is 0. The van der Waals surface area contributed by atoms with Gasteiger partial charge in [0, 0.05) is 11.3 Å². The Morgan fingerprint density at radius 3 is 2.75 bits per heavy atom. The zero-order valence-corrected chi connectivity index (χ0v) is 15.9. The first-order valence-corrected chi connectivity index (χ1v) is 10.1. The molecule has 0 saturated carbocycles. The molecular formula is C18H20F3N3O3S. The third-order valence-corrected chi connectivity index (χ3v) is 6.03. The number of aliphatic hydroxyl groups is 1. The highest BCUT2D eigenvalue weighted by molar-refractivity contribution is 7.89. The Balaban J connectivity index is 1.92. The van der Waals surface area contributed by atoms with Crippen LogP contribution in [0.5, 0.6) is 0 Å². The number of nitrogens with one attached hydrogen (secondary N) is 1. The van der Waals surface area contributed by atoms with E-state index in [4.69, 9.17) is 0 Å². The molecule has 1 aromatic heterocycles. The Labute approximate surface area is 160 Å². The van der Waals surface area contributed by atoms with Gasteiger partial charge >= 0.3 is 6.18 Å². The number of halogens is 3. The van der Waals surface area contributed by atoms with Crippen LogP contribution in [0.25, 0.3) is 0 Å². The summed E-state index contributed by atoms with van der Waals surface area (Å²) in [6.45, 7) is 4.94. The molecule has 3 rings (SSSR count). The zero-order valence-electron chi connectivity index (χ0n) is 15.1. The fourth-order valence-electron chi connectivity index (χ4n) is 3.37. The highest BCUT2D eigenvalue weighted by Crippen LogP contribution is 2.34. The summed E-state index contributed by atoms with van der Waals surface area (Å²) in [6, 6.07) is 2.15. The number of aromatic nitrogens is 2. The van der Waals surface area contributed by atoms with Gasteiger partial charge in [0.1, 0.15) is 5.76 Å². The first kappa shape index (κ1) is 20.4. The van der Waals surface area contributed by atoms with Crippen LogP contribution >= 0.6 is 0 Å². The molecule has 2 N–H and O–H groups in total. The van der Waals surface area contributed by atoms with Gasteiger partial charge in [-0.15, -0.1) is 0 Å². The minimum atomic E-state index is -4.64. The van der Waals surface area contributed by atoms with Crippen LogP contribution < -0.4 is 4.72 Å². The van der Waals surface area contributed by atoms with Gasteiger partial charge in [0.05, 0.1) is 29.2 Å². The van der Waals surface area contributed by atoms with Crippen molar-refractivity contribution >= 4 is 10.0 Å². The molecular weight excluding hydrogens is 395 g/mol. The molecule has 1 heterocycles. The van der Waals surface area contributed by atoms with Crippen LogP contribution in [0.3, 0.4) is 0 Å². The van der Waals surface area contributed by atoms with Crippen LogP contribution in [0.1, 0.15) is 41.3 Å². The lowest BCUT2D eigenvalue weighted by atomic mass is 9.94. The summed E-state index contributed by atoms with van der Waals surface area (Å²) in [5.41, 5.74) is 0.620. The standard InChI is InChI=1S/C18H20F3N3O3S/c1-11-6-13(18(19,20)21)8-14(7-11)28(26,27)23-16-4-3-5-17-15(16)9-22-24(17)10-12(2)25/h6-9,16,23,25H,2-5,10H2,1H3. The van der Waals surface area contributed by atoms with Crippen molar-refractivity contribution in [2.75, 3.05) is 0 Å². The molecule has 1 unspecified atom stereocenters. The number of aliphatic hydroxyl groups excluding tert-OH is 1. The number of allylic oxidation sites excluding steroid dienone is 1. The number of hydrogen-bond donors (Lipinski definition) is 2. The fourth-order valence-corrected chi connectivity index (χ4v) is 4.75. The lowest BCUT2D eigenvalue weighted by Gasteiger charge is -2.24. The van der Waals surface area contributed by atoms with Crippen molar-refractivity contribution in [2.24, 2.45) is 0 Å². The monoisotopic (exact) mass is 415 g/mol. The number of fused-ring (bicyclic) bond motifs is 1. The summed E-state index contributed by atoms with van der Waals surface area (Å²) < 4.78 is 68.7. The SMILES string of the molecule is C=C(O)Cn1ncc2c1CCCC2NS(=O)(=O)c1cc(C)cc(C(F)(F)F)c1. The number of aryl methyl sites for hydroxylation is 1. The molecule has 0 amide bonds. The first-order chi connectivity index (χ1) is 13.0. The van der Waals surface area contributed by atoms with Crippen molar-refractivity contribution in [1.29, 1.82) is 0 Å². The molecule has 10 heteroatoms. The first-order valence-electron chi connectivity index (χ1n) is 8.60. The van der Waals surface area contributed by atoms with E-state index in [0.29, 0.717) is 30.9 Å². The van der Waals surface area contributed by atoms with Gasteiger partial charge in [0.2, 0.25) is 10.0 Å². The number of benzene rings is 1. The maximum atomic E-state index is 13.0. The van der Waals surface area contributed by atoms with Crippen LogP contribution in [0, 0.1) is 6.92 Å². The summed E-state index contributed by atoms with van der Waals surface area (Å²) in [5, 5.41) is 13.5. The topological polar surface area (TPSA) is 84.2 Å². The summed E-state index contributed by atoms with van der Waals surface area (Å²) in [4.78, 5) is -0.428. The summed E-state index contributed by atoms with van der Waals surface area (Å²) in [7, 11) is -4.18. The van der Waals surface area contributed by atoms with Crippen molar-refractivity contribution in [3.8, 4) is 0 Å². The molecule has 2 aromatic rings. The Morgan fingerprint density at radius 2 is 2.11 bits per heavy atom. The predicted octanol–water partition coefficient (Wildman–Crippen LogP) is 3.64. The molecule has 0 spiro atoms. The quantitative estimate of drug-likeness (QED) is 0.731. The second-order valence-corrected chi connectivity index (χ2v) is 8.58. The fraction of sp³-hybridized carbons (Fsp3) is 0.389. The third kappa shape index (κ3) is 4.22. The summed E-state index contributed by atoms with van der Waals surface area (Å²) in [6.07, 6.45) is -1.30. The highest BCUT2D eigenvalue weighted by atomic mass is 32.2. The van der Waals surface area contributed by atoms with Gasteiger partial charge in [0.25, 0.3) is 0 Å². The molecule has 1 aromatic carbocycles. The Bertz CT molecular complexity index is 1010. The molecule has 0 bridgehead atoms. The Hall–Kier alpha value is -2.33. The van der Waals surface area contributed by atoms with E-state index in [9.17, 15) is 26.7 Å². The van der Waals surface area contributed by atoms with Crippen molar-refractivity contribution in [3.05, 3.63) is 59.1 Å². The van der Waals surface area contributed by atoms with Crippen molar-refractivity contribution < 1.29 is 26.7 Å². The van der Waals surface area contributed by atoms with Crippen LogP contribution in [-0.2, 0) is 29.2 Å². The Kier molecular flexibility index (Phi) is 5.28. The molecule has 1 atom stereocenters. The smallest absolute Gasteiger partial charge is 0.416 e. The van der Waals surface area contributed by atoms with Gasteiger partial charge < -0.3 is 5.11 Å². The zero-order chi connectivity index (χ0) is 20.7.